The van der Waals surface area contributed by atoms with Crippen molar-refractivity contribution < 1.29 is 0 Å². The van der Waals surface area contributed by atoms with Crippen LogP contribution in [0.4, 0.5) is 0 Å². The molecule has 0 spiro atoms. The highest BCUT2D eigenvalue weighted by atomic mass is 32.1. The SMILES string of the molecule is CC(C)c1cnn(CCC(C)c2ncc(CC(C)N3CCC3)s2)c1. The molecule has 5 heteroatoms. The van der Waals surface area contributed by atoms with Crippen molar-refractivity contribution in [3.05, 3.63) is 34.0 Å². The van der Waals surface area contributed by atoms with E-state index in [9.17, 15) is 0 Å². The predicted octanol–water partition coefficient (Wildman–Crippen LogP) is 4.29. The molecule has 1 fully saturated rings. The van der Waals surface area contributed by atoms with E-state index in [1.807, 2.05) is 17.5 Å². The first-order valence-corrected chi connectivity index (χ1v) is 10.1. The third-order valence-corrected chi connectivity index (χ3v) is 6.37. The molecule has 1 saturated heterocycles. The quantitative estimate of drug-likeness (QED) is 0.715. The third kappa shape index (κ3) is 4.25. The van der Waals surface area contributed by atoms with Crippen LogP contribution in [-0.4, -0.2) is 38.8 Å². The first kappa shape index (κ1) is 17.6. The smallest absolute Gasteiger partial charge is 0.0956 e. The number of aryl methyl sites for hydroxylation is 1. The van der Waals surface area contributed by atoms with E-state index < -0.39 is 0 Å². The Morgan fingerprint density at radius 3 is 2.58 bits per heavy atom. The minimum absolute atomic E-state index is 0.495. The molecule has 2 atom stereocenters. The Balaban J connectivity index is 1.50. The number of hydrogen-bond donors (Lipinski definition) is 0. The van der Waals surface area contributed by atoms with Gasteiger partial charge in [-0.1, -0.05) is 20.8 Å². The number of nitrogens with zero attached hydrogens (tertiary/aromatic N) is 4. The fourth-order valence-electron chi connectivity index (χ4n) is 3.10. The molecule has 0 aromatic carbocycles. The van der Waals surface area contributed by atoms with Gasteiger partial charge in [-0.25, -0.2) is 4.98 Å². The Hall–Kier alpha value is -1.20. The molecule has 0 bridgehead atoms. The lowest BCUT2D eigenvalue weighted by atomic mass is 10.1. The summed E-state index contributed by atoms with van der Waals surface area (Å²) in [6.45, 7) is 12.6. The second kappa shape index (κ2) is 7.79. The van der Waals surface area contributed by atoms with E-state index in [0.717, 1.165) is 19.4 Å². The summed E-state index contributed by atoms with van der Waals surface area (Å²) in [6, 6.07) is 0.654. The van der Waals surface area contributed by atoms with Gasteiger partial charge < -0.3 is 4.90 Å². The zero-order valence-corrected chi connectivity index (χ0v) is 16.2. The molecule has 1 aliphatic rings. The van der Waals surface area contributed by atoms with Crippen molar-refractivity contribution in [3.8, 4) is 0 Å². The van der Waals surface area contributed by atoms with E-state index in [0.29, 0.717) is 17.9 Å². The second-order valence-corrected chi connectivity index (χ2v) is 8.64. The topological polar surface area (TPSA) is 34.0 Å². The first-order chi connectivity index (χ1) is 11.5. The molecule has 0 N–H and O–H groups in total. The van der Waals surface area contributed by atoms with Crippen LogP contribution in [0.3, 0.4) is 0 Å². The molecule has 24 heavy (non-hydrogen) atoms. The van der Waals surface area contributed by atoms with Gasteiger partial charge in [0.15, 0.2) is 0 Å². The third-order valence-electron chi connectivity index (χ3n) is 5.11. The highest BCUT2D eigenvalue weighted by Crippen LogP contribution is 2.27. The molecule has 0 amide bonds. The number of rotatable bonds is 8. The summed E-state index contributed by atoms with van der Waals surface area (Å²) < 4.78 is 2.08. The minimum Gasteiger partial charge on any atom is -0.300 e. The van der Waals surface area contributed by atoms with Crippen LogP contribution in [0.25, 0.3) is 0 Å². The Morgan fingerprint density at radius 2 is 1.96 bits per heavy atom. The summed E-state index contributed by atoms with van der Waals surface area (Å²) in [5, 5.41) is 5.75. The van der Waals surface area contributed by atoms with Gasteiger partial charge in [0.1, 0.15) is 0 Å². The van der Waals surface area contributed by atoms with E-state index >= 15 is 0 Å². The number of aromatic nitrogens is 3. The summed E-state index contributed by atoms with van der Waals surface area (Å²) in [7, 11) is 0. The van der Waals surface area contributed by atoms with E-state index in [-0.39, 0.29) is 0 Å². The van der Waals surface area contributed by atoms with Gasteiger partial charge in [-0.3, -0.25) is 4.68 Å². The minimum atomic E-state index is 0.495. The molecule has 4 nitrogen and oxygen atoms in total. The van der Waals surface area contributed by atoms with Crippen LogP contribution in [0.2, 0.25) is 0 Å². The average Bonchev–Trinajstić information content (AvgIpc) is 3.11. The van der Waals surface area contributed by atoms with Crippen LogP contribution in [0.15, 0.2) is 18.6 Å². The first-order valence-electron chi connectivity index (χ1n) is 9.24. The lowest BCUT2D eigenvalue weighted by Crippen LogP contribution is -2.44. The van der Waals surface area contributed by atoms with Crippen LogP contribution >= 0.6 is 11.3 Å². The van der Waals surface area contributed by atoms with Crippen LogP contribution in [-0.2, 0) is 13.0 Å². The average molecular weight is 347 g/mol. The number of hydrogen-bond acceptors (Lipinski definition) is 4. The summed E-state index contributed by atoms with van der Waals surface area (Å²) in [5.41, 5.74) is 1.32. The molecule has 3 rings (SSSR count). The number of thiazole rings is 1. The van der Waals surface area contributed by atoms with E-state index in [1.54, 1.807) is 0 Å². The molecule has 2 aromatic heterocycles. The highest BCUT2D eigenvalue weighted by Gasteiger charge is 2.21. The maximum Gasteiger partial charge on any atom is 0.0956 e. The summed E-state index contributed by atoms with van der Waals surface area (Å²) in [5.74, 6) is 1.04. The van der Waals surface area contributed by atoms with Crippen LogP contribution < -0.4 is 0 Å². The standard InChI is InChI=1S/C19H30N4S/c1-14(2)17-11-21-23(13-17)9-6-15(3)19-20-12-18(24-19)10-16(4)22-7-5-8-22/h11-16H,5-10H2,1-4H3. The van der Waals surface area contributed by atoms with E-state index in [4.69, 9.17) is 0 Å². The molecule has 1 aliphatic heterocycles. The fraction of sp³-hybridized carbons (Fsp3) is 0.684. The zero-order valence-electron chi connectivity index (χ0n) is 15.4. The molecule has 2 unspecified atom stereocenters. The highest BCUT2D eigenvalue weighted by molar-refractivity contribution is 7.11. The monoisotopic (exact) mass is 346 g/mol. The fourth-order valence-corrected chi connectivity index (χ4v) is 4.22. The van der Waals surface area contributed by atoms with Gasteiger partial charge in [0.05, 0.1) is 11.2 Å². The zero-order chi connectivity index (χ0) is 17.1. The van der Waals surface area contributed by atoms with Gasteiger partial charge in [0, 0.05) is 35.8 Å². The molecule has 0 aliphatic carbocycles. The molecule has 0 saturated carbocycles. The Labute approximate surface area is 149 Å². The number of likely N-dealkylation sites (tertiary alicyclic amines) is 1. The van der Waals surface area contributed by atoms with Crippen molar-refractivity contribution in [2.45, 2.75) is 71.4 Å². The normalized spacial score (nSPS) is 17.9. The predicted molar refractivity (Wildman–Crippen MR) is 101 cm³/mol. The Morgan fingerprint density at radius 1 is 1.17 bits per heavy atom. The lowest BCUT2D eigenvalue weighted by Gasteiger charge is -2.36. The van der Waals surface area contributed by atoms with Crippen LogP contribution in [0, 0.1) is 0 Å². The molecule has 3 heterocycles. The molecule has 132 valence electrons. The van der Waals surface area contributed by atoms with Crippen molar-refractivity contribution in [2.24, 2.45) is 0 Å². The van der Waals surface area contributed by atoms with Crippen molar-refractivity contribution in [1.29, 1.82) is 0 Å². The van der Waals surface area contributed by atoms with Gasteiger partial charge >= 0.3 is 0 Å². The molecular weight excluding hydrogens is 316 g/mol. The van der Waals surface area contributed by atoms with Gasteiger partial charge in [0.2, 0.25) is 0 Å². The second-order valence-electron chi connectivity index (χ2n) is 7.49. The van der Waals surface area contributed by atoms with Crippen molar-refractivity contribution in [2.75, 3.05) is 13.1 Å². The van der Waals surface area contributed by atoms with Crippen LogP contribution in [0.1, 0.15) is 67.8 Å². The molecule has 0 radical (unpaired) electrons. The Bertz CT molecular complexity index is 641. The summed E-state index contributed by atoms with van der Waals surface area (Å²) >= 11 is 1.90. The largest absolute Gasteiger partial charge is 0.300 e. The van der Waals surface area contributed by atoms with Gasteiger partial charge in [-0.05, 0) is 50.8 Å². The summed E-state index contributed by atoms with van der Waals surface area (Å²) in [6.07, 6.45) is 9.86. The van der Waals surface area contributed by atoms with E-state index in [2.05, 4.69) is 59.8 Å². The van der Waals surface area contributed by atoms with Gasteiger partial charge in [-0.15, -0.1) is 11.3 Å². The Kier molecular flexibility index (Phi) is 5.72. The molecule has 2 aromatic rings. The van der Waals surface area contributed by atoms with Gasteiger partial charge in [0.25, 0.3) is 0 Å². The maximum absolute atomic E-state index is 4.69. The van der Waals surface area contributed by atoms with Crippen LogP contribution in [0.5, 0.6) is 0 Å². The summed E-state index contributed by atoms with van der Waals surface area (Å²) in [4.78, 5) is 8.68. The molecular formula is C19H30N4S. The van der Waals surface area contributed by atoms with Gasteiger partial charge in [-0.2, -0.15) is 5.10 Å². The lowest BCUT2D eigenvalue weighted by molar-refractivity contribution is 0.128. The van der Waals surface area contributed by atoms with E-state index in [1.165, 1.54) is 35.0 Å². The van der Waals surface area contributed by atoms with Crippen molar-refractivity contribution in [1.82, 2.24) is 19.7 Å². The van der Waals surface area contributed by atoms with Crippen molar-refractivity contribution >= 4 is 11.3 Å². The maximum atomic E-state index is 4.69. The van der Waals surface area contributed by atoms with Crippen molar-refractivity contribution in [3.63, 3.8) is 0 Å².